The number of hydrogen-bond acceptors (Lipinski definition) is 7. The van der Waals surface area contributed by atoms with Crippen LogP contribution in [-0.4, -0.2) is 23.0 Å². The number of carbonyl (C=O) groups excluding carboxylic acids is 1. The van der Waals surface area contributed by atoms with E-state index in [1.807, 2.05) is 0 Å². The van der Waals surface area contributed by atoms with E-state index in [1.165, 1.54) is 25.3 Å². The smallest absolute Gasteiger partial charge is 0.280 e. The number of aliphatic hydroxyl groups excluding tert-OH is 1. The number of rotatable bonds is 8. The Morgan fingerprint density at radius 2 is 1.80 bits per heavy atom. The minimum absolute atomic E-state index is 0.0489. The van der Waals surface area contributed by atoms with Gasteiger partial charge in [0.05, 0.1) is 23.2 Å². The third kappa shape index (κ3) is 5.31. The van der Waals surface area contributed by atoms with Crippen LogP contribution in [0.4, 0.5) is 11.4 Å². The summed E-state index contributed by atoms with van der Waals surface area (Å²) in [6.07, 6.45) is 2.77. The Labute approximate surface area is 200 Å². The minimum atomic E-state index is -0.454. The van der Waals surface area contributed by atoms with Gasteiger partial charge in [-0.15, -0.1) is 0 Å². The van der Waals surface area contributed by atoms with Crippen LogP contribution in [0, 0.1) is 17.0 Å². The largest absolute Gasteiger partial charge is 0.496 e. The van der Waals surface area contributed by atoms with Gasteiger partial charge in [-0.3, -0.25) is 14.9 Å². The number of nitro benzene ring substituents is 1. The van der Waals surface area contributed by atoms with Crippen molar-refractivity contribution in [2.45, 2.75) is 13.5 Å². The Morgan fingerprint density at radius 1 is 1.06 bits per heavy atom. The first-order chi connectivity index (χ1) is 16.9. The van der Waals surface area contributed by atoms with Crippen LogP contribution in [0.2, 0.25) is 0 Å². The van der Waals surface area contributed by atoms with E-state index in [0.717, 1.165) is 5.56 Å². The number of benzene rings is 2. The van der Waals surface area contributed by atoms with E-state index >= 15 is 0 Å². The number of aryl methyl sites for hydroxylation is 1. The average Bonchev–Trinajstić information content (AvgIpc) is 3.52. The average molecular weight is 474 g/mol. The number of methoxy groups -OCH3 is 1. The molecule has 0 spiro atoms. The fourth-order valence-corrected chi connectivity index (χ4v) is 3.51. The molecule has 2 aromatic carbocycles. The standard InChI is InChI=1S/C26H22N2O7/c1-16-3-8-20(22(13-16)28(31)32)23-10-5-18(34-23)7-12-26(30)27-17-4-9-21(25(14-17)33-2)24-11-6-19(15-29)35-24/h3-14,29H,15H2,1-2H3,(H,27,30)/b12-7+. The maximum atomic E-state index is 12.4. The van der Waals surface area contributed by atoms with Gasteiger partial charge >= 0.3 is 0 Å². The van der Waals surface area contributed by atoms with E-state index in [0.29, 0.717) is 45.6 Å². The first-order valence-corrected chi connectivity index (χ1v) is 10.6. The molecule has 4 rings (SSSR count). The number of nitrogens with zero attached hydrogens (tertiary/aromatic N) is 1. The highest BCUT2D eigenvalue weighted by Gasteiger charge is 2.18. The van der Waals surface area contributed by atoms with Gasteiger partial charge in [0.15, 0.2) is 0 Å². The number of nitro groups is 1. The molecule has 2 N–H and O–H groups in total. The molecule has 0 radical (unpaired) electrons. The lowest BCUT2D eigenvalue weighted by atomic mass is 10.1. The van der Waals surface area contributed by atoms with Crippen LogP contribution in [0.1, 0.15) is 17.1 Å². The summed E-state index contributed by atoms with van der Waals surface area (Å²) in [5, 5.41) is 23.3. The van der Waals surface area contributed by atoms with Crippen molar-refractivity contribution in [3.05, 3.63) is 93.9 Å². The Bertz CT molecular complexity index is 1410. The molecule has 2 aromatic heterocycles. The lowest BCUT2D eigenvalue weighted by molar-refractivity contribution is -0.384. The molecule has 0 atom stereocenters. The summed E-state index contributed by atoms with van der Waals surface area (Å²) in [7, 11) is 1.51. The molecule has 9 nitrogen and oxygen atoms in total. The topological polar surface area (TPSA) is 128 Å². The molecule has 1 amide bonds. The molecular formula is C26H22N2O7. The van der Waals surface area contributed by atoms with Gasteiger partial charge in [0.25, 0.3) is 5.69 Å². The Hall–Kier alpha value is -4.63. The van der Waals surface area contributed by atoms with Crippen molar-refractivity contribution >= 4 is 23.4 Å². The minimum Gasteiger partial charge on any atom is -0.496 e. The molecule has 4 aromatic rings. The monoisotopic (exact) mass is 474 g/mol. The third-order valence-corrected chi connectivity index (χ3v) is 5.19. The van der Waals surface area contributed by atoms with Crippen LogP contribution in [-0.2, 0) is 11.4 Å². The zero-order chi connectivity index (χ0) is 24.9. The van der Waals surface area contributed by atoms with Crippen LogP contribution >= 0.6 is 0 Å². The number of amides is 1. The van der Waals surface area contributed by atoms with Gasteiger partial charge < -0.3 is 24.0 Å². The van der Waals surface area contributed by atoms with Gasteiger partial charge in [-0.05, 0) is 61.0 Å². The van der Waals surface area contributed by atoms with Gasteiger partial charge in [-0.2, -0.15) is 0 Å². The molecule has 35 heavy (non-hydrogen) atoms. The van der Waals surface area contributed by atoms with E-state index < -0.39 is 10.8 Å². The molecule has 9 heteroatoms. The van der Waals surface area contributed by atoms with Crippen molar-refractivity contribution < 1.29 is 28.4 Å². The summed E-state index contributed by atoms with van der Waals surface area (Å²) in [6, 6.07) is 16.6. The lowest BCUT2D eigenvalue weighted by Crippen LogP contribution is -2.07. The van der Waals surface area contributed by atoms with Crippen LogP contribution in [0.25, 0.3) is 28.7 Å². The number of furan rings is 2. The van der Waals surface area contributed by atoms with E-state index in [4.69, 9.17) is 13.6 Å². The number of anilines is 1. The van der Waals surface area contributed by atoms with E-state index in [1.54, 1.807) is 61.5 Å². The molecule has 178 valence electrons. The summed E-state index contributed by atoms with van der Waals surface area (Å²) < 4.78 is 16.7. The molecular weight excluding hydrogens is 452 g/mol. The quantitative estimate of drug-likeness (QED) is 0.194. The predicted octanol–water partition coefficient (Wildman–Crippen LogP) is 5.58. The van der Waals surface area contributed by atoms with Crippen LogP contribution in [0.5, 0.6) is 5.75 Å². The number of ether oxygens (including phenoxy) is 1. The number of aliphatic hydroxyl groups is 1. The zero-order valence-electron chi connectivity index (χ0n) is 19.0. The van der Waals surface area contributed by atoms with Crippen LogP contribution in [0.15, 0.2) is 75.6 Å². The van der Waals surface area contributed by atoms with Crippen molar-refractivity contribution in [2.24, 2.45) is 0 Å². The molecule has 0 aliphatic rings. The highest BCUT2D eigenvalue weighted by atomic mass is 16.6. The van der Waals surface area contributed by atoms with Crippen molar-refractivity contribution in [1.82, 2.24) is 0 Å². The fraction of sp³-hybridized carbons (Fsp3) is 0.115. The highest BCUT2D eigenvalue weighted by molar-refractivity contribution is 6.02. The second kappa shape index (κ2) is 10.1. The van der Waals surface area contributed by atoms with Crippen molar-refractivity contribution in [1.29, 1.82) is 0 Å². The van der Waals surface area contributed by atoms with E-state index in [-0.39, 0.29) is 12.3 Å². The van der Waals surface area contributed by atoms with Crippen LogP contribution in [0.3, 0.4) is 0 Å². The summed E-state index contributed by atoms with van der Waals surface area (Å²) in [4.78, 5) is 23.3. The normalized spacial score (nSPS) is 11.1. The molecule has 0 aliphatic heterocycles. The summed E-state index contributed by atoms with van der Waals surface area (Å²) in [5.41, 5.74) is 2.26. The predicted molar refractivity (Wildman–Crippen MR) is 130 cm³/mol. The first kappa shape index (κ1) is 23.5. The summed E-state index contributed by atoms with van der Waals surface area (Å²) in [5.74, 6) is 1.75. The van der Waals surface area contributed by atoms with Crippen molar-refractivity contribution in [3.8, 4) is 28.4 Å². The summed E-state index contributed by atoms with van der Waals surface area (Å²) >= 11 is 0. The fourth-order valence-electron chi connectivity index (χ4n) is 3.51. The second-order valence-corrected chi connectivity index (χ2v) is 7.64. The molecule has 0 bridgehead atoms. The molecule has 0 aliphatic carbocycles. The first-order valence-electron chi connectivity index (χ1n) is 10.6. The molecule has 0 saturated heterocycles. The number of hydrogen-bond donors (Lipinski definition) is 2. The van der Waals surface area contributed by atoms with Gasteiger partial charge in [0.2, 0.25) is 5.91 Å². The molecule has 0 fully saturated rings. The van der Waals surface area contributed by atoms with Gasteiger partial charge in [-0.25, -0.2) is 0 Å². The third-order valence-electron chi connectivity index (χ3n) is 5.19. The Morgan fingerprint density at radius 3 is 2.51 bits per heavy atom. The van der Waals surface area contributed by atoms with Gasteiger partial charge in [-0.1, -0.05) is 6.07 Å². The van der Waals surface area contributed by atoms with Gasteiger partial charge in [0, 0.05) is 23.9 Å². The van der Waals surface area contributed by atoms with Gasteiger partial charge in [0.1, 0.15) is 35.4 Å². The van der Waals surface area contributed by atoms with Crippen LogP contribution < -0.4 is 10.1 Å². The number of nitrogens with one attached hydrogen (secondary N) is 1. The maximum Gasteiger partial charge on any atom is 0.280 e. The molecule has 0 saturated carbocycles. The number of carbonyl (C=O) groups is 1. The lowest BCUT2D eigenvalue weighted by Gasteiger charge is -2.09. The summed E-state index contributed by atoms with van der Waals surface area (Å²) in [6.45, 7) is 1.57. The zero-order valence-corrected chi connectivity index (χ0v) is 19.0. The second-order valence-electron chi connectivity index (χ2n) is 7.64. The Balaban J connectivity index is 1.47. The van der Waals surface area contributed by atoms with E-state index in [9.17, 15) is 20.0 Å². The maximum absolute atomic E-state index is 12.4. The molecule has 2 heterocycles. The highest BCUT2D eigenvalue weighted by Crippen LogP contribution is 2.34. The van der Waals surface area contributed by atoms with Crippen molar-refractivity contribution in [2.75, 3.05) is 12.4 Å². The van der Waals surface area contributed by atoms with Crippen molar-refractivity contribution in [3.63, 3.8) is 0 Å². The SMILES string of the molecule is COc1cc(NC(=O)/C=C/c2ccc(-c3ccc(C)cc3[N+](=O)[O-])o2)ccc1-c1ccc(CO)o1. The van der Waals surface area contributed by atoms with E-state index in [2.05, 4.69) is 5.32 Å². The Kier molecular flexibility index (Phi) is 6.79. The molecule has 0 unspecified atom stereocenters.